The van der Waals surface area contributed by atoms with Crippen molar-refractivity contribution in [3.8, 4) is 23.0 Å². The van der Waals surface area contributed by atoms with Gasteiger partial charge in [-0.3, -0.25) is 9.78 Å². The van der Waals surface area contributed by atoms with E-state index in [9.17, 15) is 15.0 Å². The highest BCUT2D eigenvalue weighted by molar-refractivity contribution is 6.15. The molecule has 2 aromatic heterocycles. The molecule has 0 atom stereocenters. The third-order valence-electron chi connectivity index (χ3n) is 6.10. The average molecular weight is 467 g/mol. The topological polar surface area (TPSA) is 124 Å². The summed E-state index contributed by atoms with van der Waals surface area (Å²) in [6, 6.07) is 6.63. The number of aliphatic hydroxyl groups is 2. The van der Waals surface area contributed by atoms with Gasteiger partial charge in [-0.15, -0.1) is 0 Å². The Labute approximate surface area is 194 Å². The fourth-order valence-electron chi connectivity index (χ4n) is 4.36. The number of nitrogens with zero attached hydrogens (tertiary/aromatic N) is 2. The lowest BCUT2D eigenvalue weighted by molar-refractivity contribution is 0.170. The summed E-state index contributed by atoms with van der Waals surface area (Å²) in [4.78, 5) is 18.4. The number of nitrogens with one attached hydrogen (secondary N) is 1. The smallest absolute Gasteiger partial charge is 0.259 e. The summed E-state index contributed by atoms with van der Waals surface area (Å²) in [5.74, 6) is 2.16. The summed E-state index contributed by atoms with van der Waals surface area (Å²) in [5, 5.41) is 24.5. The van der Waals surface area contributed by atoms with Crippen molar-refractivity contribution in [2.45, 2.75) is 12.6 Å². The highest BCUT2D eigenvalue weighted by Crippen LogP contribution is 2.40. The minimum absolute atomic E-state index is 0.129. The van der Waals surface area contributed by atoms with Crippen LogP contribution < -0.4 is 29.8 Å². The largest absolute Gasteiger partial charge is 0.493 e. The maximum atomic E-state index is 13.8. The van der Waals surface area contributed by atoms with Crippen LogP contribution in [0.3, 0.4) is 0 Å². The minimum atomic E-state index is -0.473. The molecule has 10 nitrogen and oxygen atoms in total. The molecule has 2 aromatic carbocycles. The minimum Gasteiger partial charge on any atom is -0.493 e. The predicted molar refractivity (Wildman–Crippen MR) is 126 cm³/mol. The molecule has 0 unspecified atom stereocenters. The number of ether oxygens (including phenoxy) is 4. The van der Waals surface area contributed by atoms with Crippen LogP contribution in [-0.2, 0) is 6.54 Å². The standard InChI is InChI=1S/C24H25N3O7/c1-31-19-5-14-15(6-20(19)32-2)24(30)27(4-3-25-13(10-28)11-29)23-16-7-21-22(34-12-33-21)8-18(16)26-9-17(14)23/h5-9,13,25,28-29H,3-4,10-12H2,1-2H3. The van der Waals surface area contributed by atoms with Crippen LogP contribution in [0.25, 0.3) is 32.6 Å². The molecular weight excluding hydrogens is 442 g/mol. The number of aromatic nitrogens is 2. The zero-order valence-electron chi connectivity index (χ0n) is 18.8. The van der Waals surface area contributed by atoms with Crippen LogP contribution in [0.5, 0.6) is 23.0 Å². The van der Waals surface area contributed by atoms with Gasteiger partial charge < -0.3 is 39.0 Å². The summed E-state index contributed by atoms with van der Waals surface area (Å²) < 4.78 is 23.7. The first-order valence-corrected chi connectivity index (χ1v) is 10.8. The third-order valence-corrected chi connectivity index (χ3v) is 6.10. The van der Waals surface area contributed by atoms with Gasteiger partial charge in [0.25, 0.3) is 5.56 Å². The number of pyridine rings is 2. The molecule has 0 aliphatic carbocycles. The Morgan fingerprint density at radius 3 is 2.35 bits per heavy atom. The molecule has 0 bridgehead atoms. The van der Waals surface area contributed by atoms with Crippen molar-refractivity contribution in [2.24, 2.45) is 0 Å². The zero-order chi connectivity index (χ0) is 23.8. The van der Waals surface area contributed by atoms with Crippen molar-refractivity contribution in [3.63, 3.8) is 0 Å². The zero-order valence-corrected chi connectivity index (χ0v) is 18.8. The summed E-state index contributed by atoms with van der Waals surface area (Å²) in [7, 11) is 3.07. The van der Waals surface area contributed by atoms with E-state index in [2.05, 4.69) is 10.3 Å². The lowest BCUT2D eigenvalue weighted by atomic mass is 10.0. The number of aliphatic hydroxyl groups excluding tert-OH is 2. The average Bonchev–Trinajstić information content (AvgIpc) is 3.33. The lowest BCUT2D eigenvalue weighted by Crippen LogP contribution is -2.38. The van der Waals surface area contributed by atoms with Gasteiger partial charge in [0.1, 0.15) is 0 Å². The van der Waals surface area contributed by atoms with Crippen LogP contribution in [0.4, 0.5) is 0 Å². The Morgan fingerprint density at radius 2 is 1.68 bits per heavy atom. The summed E-state index contributed by atoms with van der Waals surface area (Å²) in [5.41, 5.74) is 1.15. The number of benzene rings is 2. The maximum absolute atomic E-state index is 13.8. The van der Waals surface area contributed by atoms with E-state index >= 15 is 0 Å². The van der Waals surface area contributed by atoms with Crippen molar-refractivity contribution >= 4 is 32.6 Å². The quantitative estimate of drug-likeness (QED) is 0.330. The van der Waals surface area contributed by atoms with E-state index in [0.717, 1.165) is 10.8 Å². The highest BCUT2D eigenvalue weighted by Gasteiger charge is 2.21. The van der Waals surface area contributed by atoms with Crippen molar-refractivity contribution in [1.82, 2.24) is 14.9 Å². The van der Waals surface area contributed by atoms with E-state index < -0.39 is 6.04 Å². The third kappa shape index (κ3) is 3.56. The monoisotopic (exact) mass is 467 g/mol. The molecular formula is C24H25N3O7. The Morgan fingerprint density at radius 1 is 1.00 bits per heavy atom. The first-order valence-electron chi connectivity index (χ1n) is 10.8. The number of methoxy groups -OCH3 is 2. The molecule has 0 saturated heterocycles. The maximum Gasteiger partial charge on any atom is 0.259 e. The second-order valence-electron chi connectivity index (χ2n) is 7.97. The molecule has 3 heterocycles. The van der Waals surface area contributed by atoms with Crippen LogP contribution in [0.15, 0.2) is 35.3 Å². The van der Waals surface area contributed by atoms with E-state index in [1.807, 2.05) is 6.07 Å². The van der Waals surface area contributed by atoms with Crippen LogP contribution in [0, 0.1) is 0 Å². The van der Waals surface area contributed by atoms with Crippen molar-refractivity contribution < 1.29 is 29.2 Å². The second-order valence-corrected chi connectivity index (χ2v) is 7.97. The normalized spacial score (nSPS) is 12.9. The molecule has 3 N–H and O–H groups in total. The van der Waals surface area contributed by atoms with Gasteiger partial charge in [0.2, 0.25) is 6.79 Å². The summed E-state index contributed by atoms with van der Waals surface area (Å²) >= 11 is 0. The molecule has 4 aromatic rings. The van der Waals surface area contributed by atoms with Gasteiger partial charge in [0, 0.05) is 41.5 Å². The highest BCUT2D eigenvalue weighted by atomic mass is 16.7. The summed E-state index contributed by atoms with van der Waals surface area (Å²) in [6.07, 6.45) is 1.74. The van der Waals surface area contributed by atoms with Gasteiger partial charge >= 0.3 is 0 Å². The van der Waals surface area contributed by atoms with Gasteiger partial charge in [-0.1, -0.05) is 0 Å². The number of rotatable bonds is 8. The molecule has 0 saturated carbocycles. The van der Waals surface area contributed by atoms with E-state index in [1.165, 1.54) is 7.11 Å². The molecule has 10 heteroatoms. The summed E-state index contributed by atoms with van der Waals surface area (Å²) in [6.45, 7) is 0.357. The second kappa shape index (κ2) is 8.98. The molecule has 0 spiro atoms. The first kappa shape index (κ1) is 22.2. The molecule has 34 heavy (non-hydrogen) atoms. The Bertz CT molecular complexity index is 1450. The van der Waals surface area contributed by atoms with Crippen molar-refractivity contribution in [1.29, 1.82) is 0 Å². The Hall–Kier alpha value is -3.60. The first-order chi connectivity index (χ1) is 16.6. The van der Waals surface area contributed by atoms with E-state index in [-0.39, 0.29) is 25.6 Å². The van der Waals surface area contributed by atoms with Crippen LogP contribution in [0.2, 0.25) is 0 Å². The predicted octanol–water partition coefficient (Wildman–Crippen LogP) is 1.39. The van der Waals surface area contributed by atoms with E-state index in [0.29, 0.717) is 57.9 Å². The van der Waals surface area contributed by atoms with E-state index in [1.54, 1.807) is 36.1 Å². The van der Waals surface area contributed by atoms with Crippen LogP contribution in [0.1, 0.15) is 0 Å². The van der Waals surface area contributed by atoms with Gasteiger partial charge in [0.15, 0.2) is 23.0 Å². The molecule has 0 fully saturated rings. The molecule has 0 radical (unpaired) electrons. The van der Waals surface area contributed by atoms with Gasteiger partial charge in [0.05, 0.1) is 49.9 Å². The SMILES string of the molecule is COc1cc2c(=O)n(CCNC(CO)CO)c3c4cc5c(cc4ncc3c2cc1OC)OCO5. The molecule has 0 amide bonds. The van der Waals surface area contributed by atoms with Gasteiger partial charge in [-0.25, -0.2) is 0 Å². The van der Waals surface area contributed by atoms with Crippen LogP contribution in [-0.4, -0.2) is 66.6 Å². The number of hydrogen-bond acceptors (Lipinski definition) is 9. The number of fused-ring (bicyclic) bond motifs is 6. The van der Waals surface area contributed by atoms with E-state index in [4.69, 9.17) is 18.9 Å². The molecule has 178 valence electrons. The molecule has 1 aliphatic heterocycles. The van der Waals surface area contributed by atoms with Crippen LogP contribution >= 0.6 is 0 Å². The molecule has 1 aliphatic rings. The van der Waals surface area contributed by atoms with Gasteiger partial charge in [-0.05, 0) is 18.2 Å². The number of hydrogen-bond donors (Lipinski definition) is 3. The van der Waals surface area contributed by atoms with Crippen molar-refractivity contribution in [2.75, 3.05) is 40.8 Å². The molecule has 5 rings (SSSR count). The van der Waals surface area contributed by atoms with Gasteiger partial charge in [-0.2, -0.15) is 0 Å². The Balaban J connectivity index is 1.80. The fourth-order valence-corrected chi connectivity index (χ4v) is 4.36. The van der Waals surface area contributed by atoms with Crippen molar-refractivity contribution in [3.05, 3.63) is 40.8 Å². The lowest BCUT2D eigenvalue weighted by Gasteiger charge is -2.18. The fraction of sp³-hybridized carbons (Fsp3) is 0.333. The Kier molecular flexibility index (Phi) is 5.86.